The minimum Gasteiger partial charge on any atom is -0.381 e. The van der Waals surface area contributed by atoms with Crippen LogP contribution in [0.4, 0.5) is 11.5 Å². The van der Waals surface area contributed by atoms with Gasteiger partial charge in [0.15, 0.2) is 0 Å². The van der Waals surface area contributed by atoms with E-state index < -0.39 is 0 Å². The van der Waals surface area contributed by atoms with E-state index in [-0.39, 0.29) is 0 Å². The van der Waals surface area contributed by atoms with Gasteiger partial charge in [0.1, 0.15) is 5.82 Å². The summed E-state index contributed by atoms with van der Waals surface area (Å²) in [5.74, 6) is 3.80. The van der Waals surface area contributed by atoms with Crippen LogP contribution < -0.4 is 15.1 Å². The Labute approximate surface area is 197 Å². The molecule has 2 aromatic rings. The third-order valence-corrected chi connectivity index (χ3v) is 8.31. The number of anilines is 2. The van der Waals surface area contributed by atoms with Gasteiger partial charge in [-0.2, -0.15) is 0 Å². The minimum absolute atomic E-state index is 0.437. The van der Waals surface area contributed by atoms with E-state index in [1.807, 2.05) is 0 Å². The Bertz CT molecular complexity index is 965. The van der Waals surface area contributed by atoms with Crippen LogP contribution in [0.2, 0.25) is 0 Å². The van der Waals surface area contributed by atoms with Gasteiger partial charge in [0.05, 0.1) is 25.1 Å². The van der Waals surface area contributed by atoms with Crippen LogP contribution in [0.1, 0.15) is 43.1 Å². The second-order valence-electron chi connectivity index (χ2n) is 10.9. The molecule has 2 unspecified atom stereocenters. The van der Waals surface area contributed by atoms with E-state index >= 15 is 0 Å². The summed E-state index contributed by atoms with van der Waals surface area (Å²) in [4.78, 5) is 14.9. The smallest absolute Gasteiger partial charge is 0.129 e. The number of hydrogen-bond acceptors (Lipinski definition) is 6. The summed E-state index contributed by atoms with van der Waals surface area (Å²) in [5.41, 5.74) is 5.03. The van der Waals surface area contributed by atoms with Crippen molar-refractivity contribution in [2.24, 2.45) is 17.8 Å². The highest BCUT2D eigenvalue weighted by Gasteiger charge is 2.38. The van der Waals surface area contributed by atoms with E-state index in [4.69, 9.17) is 14.7 Å². The highest BCUT2D eigenvalue weighted by atomic mass is 16.5. The summed E-state index contributed by atoms with van der Waals surface area (Å²) < 4.78 is 5.62. The first-order chi connectivity index (χ1) is 16.1. The molecule has 0 amide bonds. The Balaban J connectivity index is 1.14. The first-order valence-corrected chi connectivity index (χ1v) is 12.9. The Hall–Kier alpha value is -2.18. The fourth-order valence-corrected chi connectivity index (χ4v) is 6.24. The molecule has 6 heterocycles. The quantitative estimate of drug-likeness (QED) is 0.734. The molecule has 6 rings (SSSR count). The molecule has 0 saturated carbocycles. The topological polar surface area (TPSA) is 53.5 Å². The number of pyridine rings is 2. The summed E-state index contributed by atoms with van der Waals surface area (Å²) in [5, 5.41) is 3.57. The summed E-state index contributed by atoms with van der Waals surface area (Å²) in [7, 11) is 0. The van der Waals surface area contributed by atoms with Crippen molar-refractivity contribution in [3.63, 3.8) is 0 Å². The monoisotopic (exact) mass is 447 g/mol. The maximum absolute atomic E-state index is 5.62. The van der Waals surface area contributed by atoms with Crippen LogP contribution in [0.25, 0.3) is 0 Å². The maximum Gasteiger partial charge on any atom is 0.129 e. The molecule has 4 atom stereocenters. The highest BCUT2D eigenvalue weighted by molar-refractivity contribution is 5.48. The van der Waals surface area contributed by atoms with Crippen molar-refractivity contribution in [1.29, 1.82) is 0 Å². The lowest BCUT2D eigenvalue weighted by atomic mass is 10.0. The number of hydrogen-bond donors (Lipinski definition) is 1. The van der Waals surface area contributed by atoms with Gasteiger partial charge >= 0.3 is 0 Å². The lowest BCUT2D eigenvalue weighted by Gasteiger charge is -2.26. The Kier molecular flexibility index (Phi) is 5.75. The van der Waals surface area contributed by atoms with Crippen LogP contribution >= 0.6 is 0 Å². The molecule has 4 aliphatic rings. The van der Waals surface area contributed by atoms with Crippen molar-refractivity contribution < 1.29 is 4.74 Å². The lowest BCUT2D eigenvalue weighted by Crippen LogP contribution is -2.35. The van der Waals surface area contributed by atoms with Gasteiger partial charge in [0.2, 0.25) is 0 Å². The Morgan fingerprint density at radius 2 is 1.91 bits per heavy atom. The minimum atomic E-state index is 0.437. The molecular formula is C27H37N5O. The molecule has 1 N–H and O–H groups in total. The van der Waals surface area contributed by atoms with Crippen LogP contribution in [-0.4, -0.2) is 61.9 Å². The van der Waals surface area contributed by atoms with Crippen LogP contribution in [0.15, 0.2) is 30.5 Å². The third kappa shape index (κ3) is 4.24. The number of nitrogens with zero attached hydrogens (tertiary/aromatic N) is 4. The van der Waals surface area contributed by atoms with Crippen molar-refractivity contribution in [3.8, 4) is 0 Å². The summed E-state index contributed by atoms with van der Waals surface area (Å²) >= 11 is 0. The molecule has 4 aliphatic heterocycles. The van der Waals surface area contributed by atoms with Gasteiger partial charge in [-0.1, -0.05) is 13.8 Å². The number of rotatable bonds is 6. The van der Waals surface area contributed by atoms with E-state index in [9.17, 15) is 0 Å². The SMILES string of the molecule is CC(C)c1cc(CCc2ccc(N3C[C@H]4COC[C@H]4C3)cn2)cc(N2CCC3CNCC32)n1. The van der Waals surface area contributed by atoms with Crippen LogP contribution in [0.5, 0.6) is 0 Å². The second kappa shape index (κ2) is 8.88. The van der Waals surface area contributed by atoms with Gasteiger partial charge < -0.3 is 19.9 Å². The van der Waals surface area contributed by atoms with Gasteiger partial charge in [-0.05, 0) is 60.9 Å². The van der Waals surface area contributed by atoms with Gasteiger partial charge in [-0.3, -0.25) is 4.98 Å². The largest absolute Gasteiger partial charge is 0.381 e. The average molecular weight is 448 g/mol. The van der Waals surface area contributed by atoms with Crippen molar-refractivity contribution in [3.05, 3.63) is 47.4 Å². The number of aromatic nitrogens is 2. The van der Waals surface area contributed by atoms with Gasteiger partial charge in [-0.15, -0.1) is 0 Å². The Morgan fingerprint density at radius 1 is 1.06 bits per heavy atom. The molecule has 4 saturated heterocycles. The lowest BCUT2D eigenvalue weighted by molar-refractivity contribution is 0.177. The first kappa shape index (κ1) is 21.4. The molecule has 33 heavy (non-hydrogen) atoms. The van der Waals surface area contributed by atoms with E-state index in [1.165, 1.54) is 34.9 Å². The predicted octanol–water partition coefficient (Wildman–Crippen LogP) is 3.27. The molecule has 0 bridgehead atoms. The summed E-state index contributed by atoms with van der Waals surface area (Å²) in [6.45, 7) is 12.0. The maximum atomic E-state index is 5.62. The van der Waals surface area contributed by atoms with Gasteiger partial charge in [0.25, 0.3) is 0 Å². The molecule has 6 heteroatoms. The Morgan fingerprint density at radius 3 is 2.67 bits per heavy atom. The molecule has 0 aliphatic carbocycles. The molecule has 0 spiro atoms. The first-order valence-electron chi connectivity index (χ1n) is 12.9. The van der Waals surface area contributed by atoms with Gasteiger partial charge in [-0.25, -0.2) is 4.98 Å². The average Bonchev–Trinajstić information content (AvgIpc) is 3.59. The molecule has 4 fully saturated rings. The summed E-state index contributed by atoms with van der Waals surface area (Å²) in [6, 6.07) is 9.75. The van der Waals surface area contributed by atoms with Crippen LogP contribution in [0.3, 0.4) is 0 Å². The molecular weight excluding hydrogens is 410 g/mol. The second-order valence-corrected chi connectivity index (χ2v) is 10.9. The molecule has 176 valence electrons. The number of fused-ring (bicyclic) bond motifs is 2. The molecule has 0 radical (unpaired) electrons. The van der Waals surface area contributed by atoms with Crippen molar-refractivity contribution >= 4 is 11.5 Å². The number of nitrogens with one attached hydrogen (secondary N) is 1. The predicted molar refractivity (Wildman–Crippen MR) is 132 cm³/mol. The van der Waals surface area contributed by atoms with Crippen molar-refractivity contribution in [2.75, 3.05) is 55.7 Å². The third-order valence-electron chi connectivity index (χ3n) is 8.31. The fourth-order valence-electron chi connectivity index (χ4n) is 6.24. The fraction of sp³-hybridized carbons (Fsp3) is 0.630. The zero-order valence-corrected chi connectivity index (χ0v) is 20.0. The highest BCUT2D eigenvalue weighted by Crippen LogP contribution is 2.33. The van der Waals surface area contributed by atoms with E-state index in [2.05, 4.69) is 59.4 Å². The molecule has 0 aromatic carbocycles. The standard InChI is InChI=1S/C27H37N5O/c1-18(2)25-9-19(10-27(30-25)32-8-7-20-11-28-13-26(20)32)3-4-23-5-6-24(12-29-23)31-14-21-16-33-17-22(21)15-31/h5-6,9-10,12,18,20-22,26,28H,3-4,7-8,11,13-17H2,1-2H3/t20?,21-,22+,26?. The molecule has 2 aromatic heterocycles. The van der Waals surface area contributed by atoms with Gasteiger partial charge in [0, 0.05) is 62.0 Å². The summed E-state index contributed by atoms with van der Waals surface area (Å²) in [6.07, 6.45) is 5.33. The van der Waals surface area contributed by atoms with E-state index in [0.29, 0.717) is 23.8 Å². The number of ether oxygens (including phenoxy) is 1. The van der Waals surface area contributed by atoms with Crippen molar-refractivity contribution in [1.82, 2.24) is 15.3 Å². The molecule has 6 nitrogen and oxygen atoms in total. The number of aryl methyl sites for hydroxylation is 2. The van der Waals surface area contributed by atoms with Crippen LogP contribution in [-0.2, 0) is 17.6 Å². The van der Waals surface area contributed by atoms with Crippen LogP contribution in [0, 0.1) is 17.8 Å². The van der Waals surface area contributed by atoms with E-state index in [1.54, 1.807) is 0 Å². The zero-order valence-electron chi connectivity index (χ0n) is 20.0. The normalized spacial score (nSPS) is 28.7. The van der Waals surface area contributed by atoms with Crippen molar-refractivity contribution in [2.45, 2.75) is 45.1 Å². The van der Waals surface area contributed by atoms with E-state index in [0.717, 1.165) is 64.7 Å². The zero-order chi connectivity index (χ0) is 22.4.